The van der Waals surface area contributed by atoms with Gasteiger partial charge in [-0.1, -0.05) is 13.0 Å². The third kappa shape index (κ3) is 3.88. The minimum Gasteiger partial charge on any atom is -0.293 e. The van der Waals surface area contributed by atoms with Crippen LogP contribution >= 0.6 is 11.3 Å². The van der Waals surface area contributed by atoms with Crippen molar-refractivity contribution in [3.8, 4) is 0 Å². The molecule has 0 saturated carbocycles. The Balaban J connectivity index is 1.84. The van der Waals surface area contributed by atoms with Gasteiger partial charge in [-0.15, -0.1) is 11.3 Å². The van der Waals surface area contributed by atoms with E-state index in [1.165, 1.54) is 11.3 Å². The van der Waals surface area contributed by atoms with Crippen LogP contribution < -0.4 is 0 Å². The van der Waals surface area contributed by atoms with Gasteiger partial charge in [0.1, 0.15) is 0 Å². The Morgan fingerprint density at radius 2 is 2.00 bits per heavy atom. The second kappa shape index (κ2) is 6.80. The number of hydrogen-bond acceptors (Lipinski definition) is 5. The first-order valence-corrected chi connectivity index (χ1v) is 9.28. The lowest BCUT2D eigenvalue weighted by Crippen LogP contribution is -2.50. The number of ketones is 1. The first-order valence-electron chi connectivity index (χ1n) is 6.80. The molecule has 7 heteroatoms. The number of piperazine rings is 1. The normalized spacial score (nSPS) is 18.2. The number of rotatable bonds is 6. The maximum atomic E-state index is 12.0. The zero-order valence-corrected chi connectivity index (χ0v) is 13.3. The lowest BCUT2D eigenvalue weighted by molar-refractivity contribution is 0.0906. The van der Waals surface area contributed by atoms with Gasteiger partial charge in [-0.3, -0.25) is 9.69 Å². The maximum Gasteiger partial charge on any atom is 0.214 e. The highest BCUT2D eigenvalue weighted by atomic mass is 32.2. The third-order valence-corrected chi connectivity index (χ3v) is 6.34. The lowest BCUT2D eigenvalue weighted by atomic mass is 10.2. The second-order valence-electron chi connectivity index (χ2n) is 4.89. The molecule has 0 aliphatic carbocycles. The van der Waals surface area contributed by atoms with Gasteiger partial charge in [0.15, 0.2) is 5.78 Å². The van der Waals surface area contributed by atoms with E-state index in [4.69, 9.17) is 0 Å². The van der Waals surface area contributed by atoms with Gasteiger partial charge in [-0.05, 0) is 17.9 Å². The van der Waals surface area contributed by atoms with Gasteiger partial charge in [0, 0.05) is 26.2 Å². The van der Waals surface area contributed by atoms with Crippen LogP contribution in [0.5, 0.6) is 0 Å². The molecule has 0 amide bonds. The lowest BCUT2D eigenvalue weighted by Gasteiger charge is -2.33. The highest BCUT2D eigenvalue weighted by molar-refractivity contribution is 7.89. The van der Waals surface area contributed by atoms with Crippen molar-refractivity contribution in [2.24, 2.45) is 0 Å². The van der Waals surface area contributed by atoms with E-state index in [1.807, 2.05) is 29.3 Å². The van der Waals surface area contributed by atoms with Gasteiger partial charge in [-0.2, -0.15) is 4.31 Å². The predicted octanol–water partition coefficient (Wildman–Crippen LogP) is 1.29. The monoisotopic (exact) mass is 316 g/mol. The number of carbonyl (C=O) groups is 1. The molecule has 1 aromatic heterocycles. The van der Waals surface area contributed by atoms with Crippen molar-refractivity contribution in [3.63, 3.8) is 0 Å². The number of sulfonamides is 1. The van der Waals surface area contributed by atoms with E-state index in [-0.39, 0.29) is 11.5 Å². The summed E-state index contributed by atoms with van der Waals surface area (Å²) in [6.45, 7) is 4.47. The highest BCUT2D eigenvalue weighted by Crippen LogP contribution is 2.13. The number of nitrogens with zero attached hydrogens (tertiary/aromatic N) is 2. The molecule has 0 radical (unpaired) electrons. The Hall–Kier alpha value is -0.760. The molecule has 0 unspecified atom stereocenters. The van der Waals surface area contributed by atoms with Gasteiger partial charge >= 0.3 is 0 Å². The molecule has 0 aromatic carbocycles. The molecule has 112 valence electrons. The quantitative estimate of drug-likeness (QED) is 0.742. The van der Waals surface area contributed by atoms with Crippen LogP contribution in [0.15, 0.2) is 17.5 Å². The molecule has 1 aromatic rings. The number of hydrogen-bond donors (Lipinski definition) is 0. The van der Waals surface area contributed by atoms with Crippen LogP contribution in [0.1, 0.15) is 23.0 Å². The zero-order valence-electron chi connectivity index (χ0n) is 11.6. The van der Waals surface area contributed by atoms with Crippen LogP contribution in [0.3, 0.4) is 0 Å². The summed E-state index contributed by atoms with van der Waals surface area (Å²) < 4.78 is 25.4. The molecule has 2 heterocycles. The van der Waals surface area contributed by atoms with Crippen molar-refractivity contribution in [2.45, 2.75) is 13.3 Å². The average Bonchev–Trinajstić information content (AvgIpc) is 2.93. The summed E-state index contributed by atoms with van der Waals surface area (Å²) >= 11 is 1.45. The van der Waals surface area contributed by atoms with Crippen LogP contribution in [0, 0.1) is 0 Å². The number of carbonyl (C=O) groups excluding carboxylic acids is 1. The van der Waals surface area contributed by atoms with Crippen LogP contribution in [0.4, 0.5) is 0 Å². The van der Waals surface area contributed by atoms with E-state index in [9.17, 15) is 13.2 Å². The molecule has 1 aliphatic heterocycles. The Bertz CT molecular complexity index is 532. The Kier molecular flexibility index (Phi) is 5.31. The van der Waals surface area contributed by atoms with E-state index < -0.39 is 10.0 Å². The fraction of sp³-hybridized carbons (Fsp3) is 0.615. The molecular formula is C13H20N2O3S2. The summed E-state index contributed by atoms with van der Waals surface area (Å²) in [4.78, 5) is 14.8. The molecule has 1 saturated heterocycles. The minimum atomic E-state index is -3.10. The largest absolute Gasteiger partial charge is 0.293 e. The van der Waals surface area contributed by atoms with Gasteiger partial charge < -0.3 is 0 Å². The summed E-state index contributed by atoms with van der Waals surface area (Å²) in [6.07, 6.45) is 0.638. The van der Waals surface area contributed by atoms with Gasteiger partial charge in [0.05, 0.1) is 17.2 Å². The first-order chi connectivity index (χ1) is 9.53. The van der Waals surface area contributed by atoms with Crippen molar-refractivity contribution in [1.29, 1.82) is 0 Å². The standard InChI is InChI=1S/C13H20N2O3S2/c1-2-10-20(17,18)15-7-5-14(6-8-15)11-12(16)13-4-3-9-19-13/h3-4,9H,2,5-8,10-11H2,1H3. The molecule has 1 aliphatic rings. The molecule has 0 atom stereocenters. The molecule has 0 spiro atoms. The van der Waals surface area contributed by atoms with Crippen LogP contribution in [0.25, 0.3) is 0 Å². The third-order valence-electron chi connectivity index (χ3n) is 3.35. The molecule has 2 rings (SSSR count). The zero-order chi connectivity index (χ0) is 14.6. The second-order valence-corrected chi connectivity index (χ2v) is 7.93. The van der Waals surface area contributed by atoms with Gasteiger partial charge in [0.25, 0.3) is 0 Å². The highest BCUT2D eigenvalue weighted by Gasteiger charge is 2.27. The molecule has 20 heavy (non-hydrogen) atoms. The van der Waals surface area contributed by atoms with E-state index in [1.54, 1.807) is 4.31 Å². The minimum absolute atomic E-state index is 0.116. The summed E-state index contributed by atoms with van der Waals surface area (Å²) in [6, 6.07) is 3.70. The SMILES string of the molecule is CCCS(=O)(=O)N1CCN(CC(=O)c2cccs2)CC1. The van der Waals surface area contributed by atoms with Crippen molar-refractivity contribution in [1.82, 2.24) is 9.21 Å². The first kappa shape index (κ1) is 15.6. The van der Waals surface area contributed by atoms with E-state index in [0.717, 1.165) is 4.88 Å². The van der Waals surface area contributed by atoms with Crippen LogP contribution in [-0.4, -0.2) is 61.9 Å². The predicted molar refractivity (Wildman–Crippen MR) is 80.7 cm³/mol. The van der Waals surface area contributed by atoms with Crippen molar-refractivity contribution in [2.75, 3.05) is 38.5 Å². The Labute approximate surface area is 124 Å². The molecular weight excluding hydrogens is 296 g/mol. The number of thiophene rings is 1. The summed E-state index contributed by atoms with van der Waals surface area (Å²) in [7, 11) is -3.10. The van der Waals surface area contributed by atoms with Crippen LogP contribution in [-0.2, 0) is 10.0 Å². The van der Waals surface area contributed by atoms with E-state index in [2.05, 4.69) is 0 Å². The van der Waals surface area contributed by atoms with E-state index >= 15 is 0 Å². The van der Waals surface area contributed by atoms with Crippen LogP contribution in [0.2, 0.25) is 0 Å². The topological polar surface area (TPSA) is 57.7 Å². The average molecular weight is 316 g/mol. The Morgan fingerprint density at radius 1 is 1.30 bits per heavy atom. The van der Waals surface area contributed by atoms with Crippen molar-refractivity contribution < 1.29 is 13.2 Å². The molecule has 0 N–H and O–H groups in total. The fourth-order valence-corrected chi connectivity index (χ4v) is 4.42. The fourth-order valence-electron chi connectivity index (χ4n) is 2.27. The molecule has 0 bridgehead atoms. The molecule has 5 nitrogen and oxygen atoms in total. The smallest absolute Gasteiger partial charge is 0.214 e. The summed E-state index contributed by atoms with van der Waals surface area (Å²) in [5, 5.41) is 1.89. The van der Waals surface area contributed by atoms with Gasteiger partial charge in [0.2, 0.25) is 10.0 Å². The Morgan fingerprint density at radius 3 is 2.55 bits per heavy atom. The van der Waals surface area contributed by atoms with Gasteiger partial charge in [-0.25, -0.2) is 8.42 Å². The maximum absolute atomic E-state index is 12.0. The number of Topliss-reactive ketones (excluding diaryl/α,β-unsaturated/α-hetero) is 1. The van der Waals surface area contributed by atoms with Crippen molar-refractivity contribution >= 4 is 27.1 Å². The van der Waals surface area contributed by atoms with Crippen molar-refractivity contribution in [3.05, 3.63) is 22.4 Å². The van der Waals surface area contributed by atoms with E-state index in [0.29, 0.717) is 39.1 Å². The molecule has 1 fully saturated rings. The summed E-state index contributed by atoms with van der Waals surface area (Å²) in [5.74, 6) is 0.325. The summed E-state index contributed by atoms with van der Waals surface area (Å²) in [5.41, 5.74) is 0.